The Kier molecular flexibility index (Phi) is 12.1. The Bertz CT molecular complexity index is 719. The van der Waals surface area contributed by atoms with E-state index in [-0.39, 0.29) is 36.3 Å². The molecule has 0 aliphatic carbocycles. The molecular formula is C18H31IN4O4S. The van der Waals surface area contributed by atoms with Gasteiger partial charge in [0.25, 0.3) is 0 Å². The number of hydrogen-bond donors (Lipinski definition) is 3. The zero-order valence-corrected chi connectivity index (χ0v) is 20.0. The third-order valence-corrected chi connectivity index (χ3v) is 4.87. The molecule has 0 saturated heterocycles. The van der Waals surface area contributed by atoms with Crippen LogP contribution < -0.4 is 16.0 Å². The zero-order valence-electron chi connectivity index (χ0n) is 16.8. The van der Waals surface area contributed by atoms with E-state index >= 15 is 0 Å². The van der Waals surface area contributed by atoms with Gasteiger partial charge in [0.1, 0.15) is 5.60 Å². The van der Waals surface area contributed by atoms with Gasteiger partial charge < -0.3 is 20.7 Å². The van der Waals surface area contributed by atoms with Crippen molar-refractivity contribution in [3.8, 4) is 0 Å². The highest BCUT2D eigenvalue weighted by molar-refractivity contribution is 14.0. The van der Waals surface area contributed by atoms with Gasteiger partial charge >= 0.3 is 6.09 Å². The Balaban J connectivity index is 0.00000729. The van der Waals surface area contributed by atoms with E-state index in [4.69, 9.17) is 4.74 Å². The molecule has 0 saturated carbocycles. The number of hydrogen-bond acceptors (Lipinski definition) is 5. The predicted octanol–water partition coefficient (Wildman–Crippen LogP) is 2.16. The normalized spacial score (nSPS) is 11.9. The van der Waals surface area contributed by atoms with Crippen molar-refractivity contribution in [2.24, 2.45) is 4.99 Å². The van der Waals surface area contributed by atoms with Crippen molar-refractivity contribution >= 4 is 45.9 Å². The smallest absolute Gasteiger partial charge is 0.407 e. The monoisotopic (exact) mass is 526 g/mol. The highest BCUT2D eigenvalue weighted by Gasteiger charge is 2.15. The number of rotatable bonds is 8. The first-order valence-corrected chi connectivity index (χ1v) is 10.6. The van der Waals surface area contributed by atoms with Gasteiger partial charge in [-0.05, 0) is 39.8 Å². The molecule has 0 spiro atoms. The number of halogens is 1. The molecular weight excluding hydrogens is 495 g/mol. The van der Waals surface area contributed by atoms with Crippen LogP contribution in [0.15, 0.2) is 40.2 Å². The van der Waals surface area contributed by atoms with Crippen molar-refractivity contribution in [1.82, 2.24) is 16.0 Å². The summed E-state index contributed by atoms with van der Waals surface area (Å²) in [4.78, 5) is 16.1. The van der Waals surface area contributed by atoms with Crippen LogP contribution in [0.4, 0.5) is 4.79 Å². The average Bonchev–Trinajstić information content (AvgIpc) is 2.58. The number of sulfone groups is 1. The van der Waals surface area contributed by atoms with Crippen LogP contribution in [0.5, 0.6) is 0 Å². The molecule has 1 aromatic rings. The molecule has 0 unspecified atom stereocenters. The number of nitrogens with one attached hydrogen (secondary N) is 3. The molecule has 0 bridgehead atoms. The molecule has 0 aliphatic heterocycles. The summed E-state index contributed by atoms with van der Waals surface area (Å²) in [5, 5.41) is 8.71. The van der Waals surface area contributed by atoms with Gasteiger partial charge in [-0.1, -0.05) is 18.2 Å². The third kappa shape index (κ3) is 11.3. The summed E-state index contributed by atoms with van der Waals surface area (Å²) in [6, 6.07) is 8.31. The van der Waals surface area contributed by atoms with Crippen molar-refractivity contribution in [1.29, 1.82) is 0 Å². The lowest BCUT2D eigenvalue weighted by Crippen LogP contribution is -2.42. The lowest BCUT2D eigenvalue weighted by Gasteiger charge is -2.19. The number of aliphatic imine (C=N–C) groups is 1. The van der Waals surface area contributed by atoms with Crippen LogP contribution in [-0.4, -0.2) is 58.0 Å². The fourth-order valence-electron chi connectivity index (χ4n) is 2.02. The predicted molar refractivity (Wildman–Crippen MR) is 122 cm³/mol. The number of amides is 1. The molecule has 0 radical (unpaired) electrons. The van der Waals surface area contributed by atoms with Gasteiger partial charge in [-0.3, -0.25) is 4.99 Å². The molecule has 0 fully saturated rings. The summed E-state index contributed by atoms with van der Waals surface area (Å²) in [5.41, 5.74) is -0.544. The second-order valence-electron chi connectivity index (χ2n) is 6.75. The SMILES string of the molecule is CCNC(=NCCS(=O)(=O)c1ccccc1)NCCNC(=O)OC(C)(C)C.I. The van der Waals surface area contributed by atoms with Gasteiger partial charge in [-0.25, -0.2) is 13.2 Å². The first-order valence-electron chi connectivity index (χ1n) is 8.91. The molecule has 3 N–H and O–H groups in total. The van der Waals surface area contributed by atoms with Gasteiger partial charge in [-0.2, -0.15) is 0 Å². The lowest BCUT2D eigenvalue weighted by atomic mass is 10.2. The number of benzene rings is 1. The fourth-order valence-corrected chi connectivity index (χ4v) is 3.16. The largest absolute Gasteiger partial charge is 0.444 e. The molecule has 1 rings (SSSR count). The summed E-state index contributed by atoms with van der Waals surface area (Å²) >= 11 is 0. The Morgan fingerprint density at radius 2 is 1.68 bits per heavy atom. The Morgan fingerprint density at radius 1 is 1.07 bits per heavy atom. The van der Waals surface area contributed by atoms with E-state index in [1.54, 1.807) is 51.1 Å². The first kappa shape index (κ1) is 26.4. The lowest BCUT2D eigenvalue weighted by molar-refractivity contribution is 0.0529. The Morgan fingerprint density at radius 3 is 2.25 bits per heavy atom. The van der Waals surface area contributed by atoms with Crippen molar-refractivity contribution in [3.63, 3.8) is 0 Å². The minimum atomic E-state index is -3.36. The maximum atomic E-state index is 12.2. The molecule has 8 nitrogen and oxygen atoms in total. The summed E-state index contributed by atoms with van der Waals surface area (Å²) in [7, 11) is -3.36. The van der Waals surface area contributed by atoms with Crippen LogP contribution >= 0.6 is 24.0 Å². The van der Waals surface area contributed by atoms with E-state index in [2.05, 4.69) is 20.9 Å². The van der Waals surface area contributed by atoms with Crippen LogP contribution in [0.25, 0.3) is 0 Å². The maximum Gasteiger partial charge on any atom is 0.407 e. The van der Waals surface area contributed by atoms with Crippen LogP contribution in [0, 0.1) is 0 Å². The molecule has 28 heavy (non-hydrogen) atoms. The van der Waals surface area contributed by atoms with Crippen molar-refractivity contribution in [3.05, 3.63) is 30.3 Å². The topological polar surface area (TPSA) is 109 Å². The van der Waals surface area contributed by atoms with E-state index in [0.717, 1.165) is 0 Å². The standard InChI is InChI=1S/C18H30N4O4S.HI/c1-5-19-16(20-11-12-22-17(23)26-18(2,3)4)21-13-14-27(24,25)15-9-7-6-8-10-15;/h6-10H,5,11-14H2,1-4H3,(H,22,23)(H2,19,20,21);1H. The van der Waals surface area contributed by atoms with Crippen LogP contribution in [0.3, 0.4) is 0 Å². The summed E-state index contributed by atoms with van der Waals surface area (Å²) in [6.07, 6.45) is -0.486. The molecule has 1 amide bonds. The molecule has 1 aromatic carbocycles. The van der Waals surface area contributed by atoms with E-state index in [9.17, 15) is 13.2 Å². The maximum absolute atomic E-state index is 12.2. The van der Waals surface area contributed by atoms with Gasteiger partial charge in [-0.15, -0.1) is 24.0 Å². The minimum Gasteiger partial charge on any atom is -0.444 e. The van der Waals surface area contributed by atoms with Crippen LogP contribution in [-0.2, 0) is 14.6 Å². The summed E-state index contributed by atoms with van der Waals surface area (Å²) < 4.78 is 29.6. The third-order valence-electron chi connectivity index (χ3n) is 3.16. The van der Waals surface area contributed by atoms with E-state index in [1.165, 1.54) is 0 Å². The van der Waals surface area contributed by atoms with Gasteiger partial charge in [0, 0.05) is 19.6 Å². The van der Waals surface area contributed by atoms with Crippen molar-refractivity contribution in [2.75, 3.05) is 31.9 Å². The molecule has 160 valence electrons. The van der Waals surface area contributed by atoms with Crippen molar-refractivity contribution < 1.29 is 17.9 Å². The average molecular weight is 526 g/mol. The van der Waals surface area contributed by atoms with Gasteiger partial charge in [0.15, 0.2) is 15.8 Å². The minimum absolute atomic E-state index is 0. The van der Waals surface area contributed by atoms with Gasteiger partial charge in [0.05, 0.1) is 17.2 Å². The van der Waals surface area contributed by atoms with Crippen LogP contribution in [0.1, 0.15) is 27.7 Å². The molecule has 0 atom stereocenters. The van der Waals surface area contributed by atoms with E-state index in [0.29, 0.717) is 30.5 Å². The number of alkyl carbamates (subject to hydrolysis) is 1. The Labute approximate surface area is 184 Å². The van der Waals surface area contributed by atoms with E-state index in [1.807, 2.05) is 6.92 Å². The summed E-state index contributed by atoms with van der Waals surface area (Å²) in [6.45, 7) is 8.84. The quantitative estimate of drug-likeness (QED) is 0.207. The van der Waals surface area contributed by atoms with Gasteiger partial charge in [0.2, 0.25) is 0 Å². The zero-order chi connectivity index (χ0) is 20.3. The van der Waals surface area contributed by atoms with E-state index < -0.39 is 21.5 Å². The second-order valence-corrected chi connectivity index (χ2v) is 8.86. The second kappa shape index (κ2) is 12.8. The van der Waals surface area contributed by atoms with Crippen LogP contribution in [0.2, 0.25) is 0 Å². The number of nitrogens with zero attached hydrogens (tertiary/aromatic N) is 1. The number of guanidine groups is 1. The number of carbonyl (C=O) groups excluding carboxylic acids is 1. The fraction of sp³-hybridized carbons (Fsp3) is 0.556. The molecule has 0 heterocycles. The molecule has 10 heteroatoms. The van der Waals surface area contributed by atoms with Crippen molar-refractivity contribution in [2.45, 2.75) is 38.2 Å². The highest BCUT2D eigenvalue weighted by Crippen LogP contribution is 2.09. The number of carbonyl (C=O) groups is 1. The Hall–Kier alpha value is -1.56. The summed E-state index contributed by atoms with van der Waals surface area (Å²) in [5.74, 6) is 0.413. The molecule has 0 aromatic heterocycles. The molecule has 0 aliphatic rings. The first-order chi connectivity index (χ1) is 12.6. The highest BCUT2D eigenvalue weighted by atomic mass is 127. The number of ether oxygens (including phenoxy) is 1.